The van der Waals surface area contributed by atoms with Crippen LogP contribution in [-0.4, -0.2) is 13.8 Å². The van der Waals surface area contributed by atoms with E-state index in [4.69, 9.17) is 4.74 Å². The first-order valence-electron chi connectivity index (χ1n) is 5.43. The van der Waals surface area contributed by atoms with Crippen molar-refractivity contribution >= 4 is 17.8 Å². The molecule has 0 N–H and O–H groups in total. The summed E-state index contributed by atoms with van der Waals surface area (Å²) in [6.07, 6.45) is 0. The zero-order chi connectivity index (χ0) is 12.3. The van der Waals surface area contributed by atoms with Crippen molar-refractivity contribution in [3.63, 3.8) is 0 Å². The monoisotopic (exact) mass is 246 g/mol. The van der Waals surface area contributed by atoms with Crippen molar-refractivity contribution in [2.45, 2.75) is 0 Å². The molecule has 0 saturated carbocycles. The molecule has 2 nitrogen and oxygen atoms in total. The molecule has 1 atom stereocenters. The SMILES string of the molecule is COc1ccccc1P(C)(=O)c1ccccc1. The van der Waals surface area contributed by atoms with Gasteiger partial charge in [-0.1, -0.05) is 42.5 Å². The fraction of sp³-hybridized carbons (Fsp3) is 0.143. The Labute approximate surface area is 102 Å². The zero-order valence-corrected chi connectivity index (χ0v) is 10.9. The molecular weight excluding hydrogens is 231 g/mol. The highest BCUT2D eigenvalue weighted by molar-refractivity contribution is 7.78. The highest BCUT2D eigenvalue weighted by Gasteiger charge is 2.24. The van der Waals surface area contributed by atoms with E-state index < -0.39 is 7.14 Å². The minimum Gasteiger partial charge on any atom is -0.496 e. The molecule has 1 unspecified atom stereocenters. The van der Waals surface area contributed by atoms with Gasteiger partial charge in [-0.3, -0.25) is 0 Å². The lowest BCUT2D eigenvalue weighted by atomic mass is 10.3. The van der Waals surface area contributed by atoms with E-state index in [0.717, 1.165) is 10.6 Å². The highest BCUT2D eigenvalue weighted by atomic mass is 31.2. The van der Waals surface area contributed by atoms with Gasteiger partial charge in [-0.05, 0) is 18.8 Å². The Morgan fingerprint density at radius 3 is 2.18 bits per heavy atom. The van der Waals surface area contributed by atoms with Gasteiger partial charge in [0.15, 0.2) is 0 Å². The van der Waals surface area contributed by atoms with Crippen LogP contribution in [0.5, 0.6) is 5.75 Å². The van der Waals surface area contributed by atoms with E-state index >= 15 is 0 Å². The van der Waals surface area contributed by atoms with Crippen LogP contribution < -0.4 is 15.3 Å². The Hall–Kier alpha value is -1.53. The van der Waals surface area contributed by atoms with Crippen LogP contribution in [-0.2, 0) is 4.57 Å². The van der Waals surface area contributed by atoms with Crippen LogP contribution in [0.3, 0.4) is 0 Å². The van der Waals surface area contributed by atoms with E-state index in [2.05, 4.69) is 0 Å². The summed E-state index contributed by atoms with van der Waals surface area (Å²) in [6, 6.07) is 17.0. The molecular formula is C14H15O2P. The third-order valence-corrected chi connectivity index (χ3v) is 5.37. The number of ether oxygens (including phenoxy) is 1. The van der Waals surface area contributed by atoms with Gasteiger partial charge in [0.2, 0.25) is 0 Å². The predicted molar refractivity (Wildman–Crippen MR) is 72.2 cm³/mol. The summed E-state index contributed by atoms with van der Waals surface area (Å²) in [7, 11) is -0.975. The Kier molecular flexibility index (Phi) is 3.35. The van der Waals surface area contributed by atoms with E-state index in [1.165, 1.54) is 0 Å². The summed E-state index contributed by atoms with van der Waals surface area (Å²) >= 11 is 0. The van der Waals surface area contributed by atoms with Crippen LogP contribution >= 0.6 is 7.14 Å². The smallest absolute Gasteiger partial charge is 0.143 e. The van der Waals surface area contributed by atoms with Crippen molar-refractivity contribution in [3.05, 3.63) is 54.6 Å². The third-order valence-electron chi connectivity index (χ3n) is 2.79. The molecule has 0 aromatic heterocycles. The first kappa shape index (κ1) is 11.9. The molecule has 0 saturated heterocycles. The number of hydrogen-bond donors (Lipinski definition) is 0. The normalized spacial score (nSPS) is 14.0. The quantitative estimate of drug-likeness (QED) is 0.778. The fourth-order valence-electron chi connectivity index (χ4n) is 1.83. The third kappa shape index (κ3) is 2.27. The van der Waals surface area contributed by atoms with Crippen LogP contribution in [0.4, 0.5) is 0 Å². The first-order valence-corrected chi connectivity index (χ1v) is 7.58. The van der Waals surface area contributed by atoms with Crippen molar-refractivity contribution in [1.82, 2.24) is 0 Å². The van der Waals surface area contributed by atoms with Gasteiger partial charge in [0.25, 0.3) is 0 Å². The van der Waals surface area contributed by atoms with Gasteiger partial charge in [0, 0.05) is 5.30 Å². The maximum absolute atomic E-state index is 12.9. The molecule has 0 aliphatic rings. The maximum Gasteiger partial charge on any atom is 0.143 e. The Bertz CT molecular complexity index is 549. The molecule has 2 aromatic carbocycles. The lowest BCUT2D eigenvalue weighted by molar-refractivity contribution is 0.418. The largest absolute Gasteiger partial charge is 0.496 e. The van der Waals surface area contributed by atoms with Gasteiger partial charge in [-0.15, -0.1) is 0 Å². The second-order valence-electron chi connectivity index (χ2n) is 3.93. The second kappa shape index (κ2) is 4.77. The molecule has 0 amide bonds. The summed E-state index contributed by atoms with van der Waals surface area (Å²) in [6.45, 7) is 1.78. The average molecular weight is 246 g/mol. The van der Waals surface area contributed by atoms with Crippen LogP contribution in [0.1, 0.15) is 0 Å². The molecule has 2 aromatic rings. The van der Waals surface area contributed by atoms with Gasteiger partial charge in [-0.25, -0.2) is 0 Å². The number of benzene rings is 2. The summed E-state index contributed by atoms with van der Waals surface area (Å²) in [5.74, 6) is 0.683. The number of para-hydroxylation sites is 1. The minimum absolute atomic E-state index is 0.683. The minimum atomic E-state index is -2.58. The molecule has 0 spiro atoms. The van der Waals surface area contributed by atoms with E-state index in [9.17, 15) is 4.57 Å². The molecule has 0 fully saturated rings. The Balaban J connectivity index is 2.56. The van der Waals surface area contributed by atoms with E-state index in [-0.39, 0.29) is 0 Å². The van der Waals surface area contributed by atoms with E-state index in [1.54, 1.807) is 13.8 Å². The lowest BCUT2D eigenvalue weighted by Gasteiger charge is -2.16. The highest BCUT2D eigenvalue weighted by Crippen LogP contribution is 2.41. The van der Waals surface area contributed by atoms with Crippen LogP contribution in [0.2, 0.25) is 0 Å². The van der Waals surface area contributed by atoms with Crippen LogP contribution in [0.15, 0.2) is 54.6 Å². The van der Waals surface area contributed by atoms with Crippen molar-refractivity contribution < 1.29 is 9.30 Å². The van der Waals surface area contributed by atoms with Gasteiger partial charge in [0.05, 0.1) is 12.4 Å². The summed E-state index contributed by atoms with van der Waals surface area (Å²) in [5.41, 5.74) is 0. The fourth-order valence-corrected chi connectivity index (χ4v) is 3.81. The van der Waals surface area contributed by atoms with Crippen LogP contribution in [0.25, 0.3) is 0 Å². The second-order valence-corrected chi connectivity index (χ2v) is 6.78. The standard InChI is InChI=1S/C14H15O2P/c1-16-13-10-6-7-11-14(13)17(2,15)12-8-4-3-5-9-12/h3-11H,1-2H3. The number of methoxy groups -OCH3 is 1. The Morgan fingerprint density at radius 1 is 0.941 bits per heavy atom. The van der Waals surface area contributed by atoms with Crippen molar-refractivity contribution in [1.29, 1.82) is 0 Å². The number of hydrogen-bond acceptors (Lipinski definition) is 2. The average Bonchev–Trinajstić information content (AvgIpc) is 2.39. The van der Waals surface area contributed by atoms with Gasteiger partial charge < -0.3 is 9.30 Å². The van der Waals surface area contributed by atoms with Crippen molar-refractivity contribution in [3.8, 4) is 5.75 Å². The van der Waals surface area contributed by atoms with Gasteiger partial charge >= 0.3 is 0 Å². The summed E-state index contributed by atoms with van der Waals surface area (Å²) in [4.78, 5) is 0. The lowest BCUT2D eigenvalue weighted by Crippen LogP contribution is -2.16. The molecule has 3 heteroatoms. The zero-order valence-electron chi connectivity index (χ0n) is 9.96. The Morgan fingerprint density at radius 2 is 1.53 bits per heavy atom. The molecule has 0 bridgehead atoms. The molecule has 2 rings (SSSR count). The maximum atomic E-state index is 12.9. The number of rotatable bonds is 3. The van der Waals surface area contributed by atoms with Crippen molar-refractivity contribution in [2.24, 2.45) is 0 Å². The summed E-state index contributed by atoms with van der Waals surface area (Å²) in [5, 5.41) is 1.62. The van der Waals surface area contributed by atoms with Crippen molar-refractivity contribution in [2.75, 3.05) is 13.8 Å². The summed E-state index contributed by atoms with van der Waals surface area (Å²) < 4.78 is 18.2. The first-order chi connectivity index (χ1) is 8.16. The molecule has 0 aliphatic carbocycles. The molecule has 17 heavy (non-hydrogen) atoms. The topological polar surface area (TPSA) is 26.3 Å². The van der Waals surface area contributed by atoms with E-state index in [1.807, 2.05) is 54.6 Å². The molecule has 88 valence electrons. The van der Waals surface area contributed by atoms with Crippen LogP contribution in [0, 0.1) is 0 Å². The molecule has 0 radical (unpaired) electrons. The molecule has 0 heterocycles. The van der Waals surface area contributed by atoms with Gasteiger partial charge in [0.1, 0.15) is 12.9 Å². The molecule has 0 aliphatic heterocycles. The predicted octanol–water partition coefficient (Wildman–Crippen LogP) is 2.64. The van der Waals surface area contributed by atoms with Gasteiger partial charge in [-0.2, -0.15) is 0 Å². The van der Waals surface area contributed by atoms with E-state index in [0.29, 0.717) is 5.75 Å².